The molecule has 29 heavy (non-hydrogen) atoms. The van der Waals surface area contributed by atoms with Crippen LogP contribution in [-0.2, 0) is 9.31 Å². The number of imidazole rings is 1. The second-order valence-electron chi connectivity index (χ2n) is 8.76. The fourth-order valence-corrected chi connectivity index (χ4v) is 5.42. The van der Waals surface area contributed by atoms with E-state index in [1.807, 2.05) is 18.2 Å². The van der Waals surface area contributed by atoms with Gasteiger partial charge in [0.15, 0.2) is 0 Å². The molecular weight excluding hydrogens is 379 g/mol. The Morgan fingerprint density at radius 1 is 0.966 bits per heavy atom. The number of pyridine rings is 1. The van der Waals surface area contributed by atoms with Crippen molar-refractivity contribution in [2.45, 2.75) is 38.9 Å². The summed E-state index contributed by atoms with van der Waals surface area (Å²) in [6.45, 7) is 8.40. The quantitative estimate of drug-likeness (QED) is 0.365. The van der Waals surface area contributed by atoms with Crippen LogP contribution in [0.2, 0.25) is 0 Å². The molecule has 0 spiro atoms. The lowest BCUT2D eigenvalue weighted by molar-refractivity contribution is 0.00578. The topological polar surface area (TPSA) is 35.8 Å². The second-order valence-corrected chi connectivity index (χ2v) is 9.82. The third-order valence-electron chi connectivity index (χ3n) is 6.47. The van der Waals surface area contributed by atoms with E-state index in [-0.39, 0.29) is 11.2 Å². The number of nitrogens with zero attached hydrogens (tertiary/aromatic N) is 2. The monoisotopic (exact) mass is 400 g/mol. The van der Waals surface area contributed by atoms with E-state index in [2.05, 4.69) is 68.6 Å². The highest BCUT2D eigenvalue weighted by Gasteiger charge is 2.52. The highest BCUT2D eigenvalue weighted by atomic mass is 32.1. The van der Waals surface area contributed by atoms with Gasteiger partial charge in [-0.3, -0.25) is 4.40 Å². The van der Waals surface area contributed by atoms with Crippen LogP contribution >= 0.6 is 11.3 Å². The molecule has 1 aliphatic heterocycles. The van der Waals surface area contributed by atoms with E-state index < -0.39 is 7.12 Å². The number of hydrogen-bond donors (Lipinski definition) is 0. The van der Waals surface area contributed by atoms with Crippen molar-refractivity contribution < 1.29 is 9.31 Å². The lowest BCUT2D eigenvalue weighted by atomic mass is 9.76. The van der Waals surface area contributed by atoms with Crippen molar-refractivity contribution in [2.24, 2.45) is 0 Å². The Balaban J connectivity index is 1.75. The van der Waals surface area contributed by atoms with Gasteiger partial charge in [0.1, 0.15) is 11.2 Å². The van der Waals surface area contributed by atoms with E-state index in [1.54, 1.807) is 11.3 Å². The smallest absolute Gasteiger partial charge is 0.399 e. The summed E-state index contributed by atoms with van der Waals surface area (Å²) in [4.78, 5) is 4.96. The van der Waals surface area contributed by atoms with Crippen molar-refractivity contribution in [3.8, 4) is 0 Å². The molecule has 0 N–H and O–H groups in total. The Morgan fingerprint density at radius 3 is 2.48 bits per heavy atom. The van der Waals surface area contributed by atoms with E-state index in [9.17, 15) is 0 Å². The predicted molar refractivity (Wildman–Crippen MR) is 121 cm³/mol. The highest BCUT2D eigenvalue weighted by Crippen LogP contribution is 2.41. The normalized spacial score (nSPS) is 18.6. The van der Waals surface area contributed by atoms with E-state index in [0.717, 1.165) is 22.1 Å². The molecule has 6 heteroatoms. The molecule has 4 heterocycles. The maximum Gasteiger partial charge on any atom is 0.495 e. The van der Waals surface area contributed by atoms with Gasteiger partial charge in [0, 0.05) is 21.7 Å². The van der Waals surface area contributed by atoms with E-state index in [4.69, 9.17) is 14.3 Å². The Bertz CT molecular complexity index is 1420. The fraction of sp³-hybridized carbons (Fsp3) is 0.261. The minimum absolute atomic E-state index is 0.385. The SMILES string of the molecule is CC1(C)OB(c2cc3c(nc4ccccn43)c3sc4ccccc4c23)OC1(C)C. The second kappa shape index (κ2) is 5.60. The third-order valence-corrected chi connectivity index (χ3v) is 7.64. The lowest BCUT2D eigenvalue weighted by Crippen LogP contribution is -2.41. The maximum absolute atomic E-state index is 6.47. The molecule has 0 unspecified atom stereocenters. The van der Waals surface area contributed by atoms with Crippen LogP contribution in [0.25, 0.3) is 36.9 Å². The first-order valence-corrected chi connectivity index (χ1v) is 10.7. The van der Waals surface area contributed by atoms with Gasteiger partial charge in [-0.15, -0.1) is 11.3 Å². The molecule has 2 aromatic carbocycles. The molecule has 1 saturated heterocycles. The van der Waals surface area contributed by atoms with Crippen LogP contribution in [0.4, 0.5) is 0 Å². The van der Waals surface area contributed by atoms with Gasteiger partial charge < -0.3 is 9.31 Å². The summed E-state index contributed by atoms with van der Waals surface area (Å²) >= 11 is 1.79. The number of fused-ring (bicyclic) bond motifs is 7. The Labute approximate surface area is 173 Å². The van der Waals surface area contributed by atoms with Crippen molar-refractivity contribution in [3.63, 3.8) is 0 Å². The maximum atomic E-state index is 6.47. The average Bonchev–Trinajstić information content (AvgIpc) is 3.30. The van der Waals surface area contributed by atoms with Crippen molar-refractivity contribution in [1.29, 1.82) is 0 Å². The zero-order chi connectivity index (χ0) is 20.0. The Hall–Kier alpha value is -2.41. The number of benzene rings is 2. The van der Waals surface area contributed by atoms with Gasteiger partial charge >= 0.3 is 7.12 Å². The van der Waals surface area contributed by atoms with Crippen molar-refractivity contribution in [3.05, 3.63) is 54.7 Å². The van der Waals surface area contributed by atoms with Gasteiger partial charge in [0.2, 0.25) is 0 Å². The molecule has 6 rings (SSSR count). The molecule has 1 aliphatic rings. The standard InChI is InChI=1S/C23H21BN2O2S/c1-22(2)23(3,4)28-24(27-22)15-13-16-20(25-18-11-7-8-12-26(16)18)21-19(15)14-9-5-6-10-17(14)29-21/h5-13H,1-4H3. The first-order chi connectivity index (χ1) is 13.9. The number of aromatic nitrogens is 2. The van der Waals surface area contributed by atoms with Crippen molar-refractivity contribution >= 4 is 60.8 Å². The minimum Gasteiger partial charge on any atom is -0.399 e. The van der Waals surface area contributed by atoms with Gasteiger partial charge in [-0.2, -0.15) is 0 Å². The Kier molecular flexibility index (Phi) is 3.37. The summed E-state index contributed by atoms with van der Waals surface area (Å²) in [5.41, 5.74) is 3.38. The molecule has 1 fully saturated rings. The zero-order valence-corrected chi connectivity index (χ0v) is 17.7. The van der Waals surface area contributed by atoms with Crippen LogP contribution in [-0.4, -0.2) is 27.7 Å². The van der Waals surface area contributed by atoms with Crippen LogP contribution in [0.1, 0.15) is 27.7 Å². The molecule has 5 aromatic rings. The molecule has 0 atom stereocenters. The van der Waals surface area contributed by atoms with E-state index in [1.165, 1.54) is 20.2 Å². The van der Waals surface area contributed by atoms with Crippen molar-refractivity contribution in [1.82, 2.24) is 9.38 Å². The summed E-state index contributed by atoms with van der Waals surface area (Å²) in [5.74, 6) is 0. The molecule has 0 radical (unpaired) electrons. The molecule has 0 amide bonds. The molecule has 4 nitrogen and oxygen atoms in total. The molecule has 0 saturated carbocycles. The number of rotatable bonds is 1. The minimum atomic E-state index is -0.417. The molecule has 0 bridgehead atoms. The summed E-state index contributed by atoms with van der Waals surface area (Å²) in [5, 5.41) is 2.43. The number of thiophene rings is 1. The van der Waals surface area contributed by atoms with Gasteiger partial charge in [0.25, 0.3) is 0 Å². The van der Waals surface area contributed by atoms with Gasteiger partial charge in [-0.05, 0) is 57.4 Å². The number of hydrogen-bond acceptors (Lipinski definition) is 4. The van der Waals surface area contributed by atoms with Crippen LogP contribution < -0.4 is 5.46 Å². The summed E-state index contributed by atoms with van der Waals surface area (Å²) in [6.07, 6.45) is 2.07. The molecule has 3 aromatic heterocycles. The Morgan fingerprint density at radius 2 is 1.69 bits per heavy atom. The van der Waals surface area contributed by atoms with Crippen LogP contribution in [0.15, 0.2) is 54.7 Å². The van der Waals surface area contributed by atoms with Crippen LogP contribution in [0, 0.1) is 0 Å². The fourth-order valence-electron chi connectivity index (χ4n) is 4.19. The molecule has 144 valence electrons. The van der Waals surface area contributed by atoms with E-state index in [0.29, 0.717) is 0 Å². The summed E-state index contributed by atoms with van der Waals surface area (Å²) < 4.78 is 17.5. The first-order valence-electron chi connectivity index (χ1n) is 9.92. The van der Waals surface area contributed by atoms with E-state index >= 15 is 0 Å². The van der Waals surface area contributed by atoms with Gasteiger partial charge in [-0.1, -0.05) is 24.3 Å². The molecular formula is C23H21BN2O2S. The van der Waals surface area contributed by atoms with Crippen LogP contribution in [0.3, 0.4) is 0 Å². The molecule has 0 aliphatic carbocycles. The largest absolute Gasteiger partial charge is 0.495 e. The first kappa shape index (κ1) is 17.5. The van der Waals surface area contributed by atoms with Crippen molar-refractivity contribution in [2.75, 3.05) is 0 Å². The van der Waals surface area contributed by atoms with Crippen LogP contribution in [0.5, 0.6) is 0 Å². The summed E-state index contributed by atoms with van der Waals surface area (Å²) in [6, 6.07) is 16.9. The average molecular weight is 400 g/mol. The zero-order valence-electron chi connectivity index (χ0n) is 16.9. The van der Waals surface area contributed by atoms with Gasteiger partial charge in [0.05, 0.1) is 21.4 Å². The summed E-state index contributed by atoms with van der Waals surface area (Å²) in [7, 11) is -0.417. The highest BCUT2D eigenvalue weighted by molar-refractivity contribution is 7.27. The lowest BCUT2D eigenvalue weighted by Gasteiger charge is -2.32. The third kappa shape index (κ3) is 2.31. The predicted octanol–water partition coefficient (Wildman–Crippen LogP) is 5.15. The van der Waals surface area contributed by atoms with Gasteiger partial charge in [-0.25, -0.2) is 4.98 Å².